The topological polar surface area (TPSA) is 84.1 Å². The molecule has 1 aliphatic rings. The number of pyridine rings is 2. The summed E-state index contributed by atoms with van der Waals surface area (Å²) < 4.78 is 28.4. The highest BCUT2D eigenvalue weighted by Crippen LogP contribution is 2.30. The standard InChI is InChI=1S/C23H23F2N5O/c1-14-8-11-30(12-9-14)20-7-10-27-13-19(20)29-23(31)22-17(26)5-6-18(28-22)21-15(24)3-2-4-16(21)25/h2-7,10,13-14H,8-9,11-12,26H2,1H3,(H,29,31). The van der Waals surface area contributed by atoms with E-state index in [1.54, 1.807) is 12.4 Å². The SMILES string of the molecule is CC1CCN(c2ccncc2NC(=O)c2nc(-c3c(F)cccc3F)ccc2N)CC1. The van der Waals surface area contributed by atoms with Crippen molar-refractivity contribution in [3.8, 4) is 11.3 Å². The Bertz CT molecular complexity index is 1090. The number of amides is 1. The first-order valence-corrected chi connectivity index (χ1v) is 10.1. The van der Waals surface area contributed by atoms with Gasteiger partial charge in [0, 0.05) is 19.3 Å². The van der Waals surface area contributed by atoms with Crippen LogP contribution < -0.4 is 16.0 Å². The number of halogens is 2. The molecule has 1 fully saturated rings. The van der Waals surface area contributed by atoms with Crippen molar-refractivity contribution in [3.63, 3.8) is 0 Å². The van der Waals surface area contributed by atoms with Gasteiger partial charge in [0.25, 0.3) is 5.91 Å². The zero-order valence-corrected chi connectivity index (χ0v) is 17.1. The van der Waals surface area contributed by atoms with Gasteiger partial charge in [-0.2, -0.15) is 0 Å². The largest absolute Gasteiger partial charge is 0.397 e. The average molecular weight is 423 g/mol. The molecule has 0 unspecified atom stereocenters. The second kappa shape index (κ2) is 8.67. The molecule has 6 nitrogen and oxygen atoms in total. The lowest BCUT2D eigenvalue weighted by molar-refractivity contribution is 0.102. The Hall–Kier alpha value is -3.55. The van der Waals surface area contributed by atoms with Gasteiger partial charge in [-0.1, -0.05) is 13.0 Å². The van der Waals surface area contributed by atoms with Gasteiger partial charge < -0.3 is 16.0 Å². The number of nitrogens with two attached hydrogens (primary N) is 1. The molecule has 160 valence electrons. The first-order chi connectivity index (χ1) is 14.9. The summed E-state index contributed by atoms with van der Waals surface area (Å²) in [4.78, 5) is 23.5. The van der Waals surface area contributed by atoms with Crippen LogP contribution in [0.5, 0.6) is 0 Å². The van der Waals surface area contributed by atoms with E-state index in [-0.39, 0.29) is 22.6 Å². The van der Waals surface area contributed by atoms with Gasteiger partial charge in [0.2, 0.25) is 0 Å². The Labute approximate surface area is 179 Å². The molecule has 4 rings (SSSR count). The van der Waals surface area contributed by atoms with Crippen LogP contribution in [-0.4, -0.2) is 29.0 Å². The van der Waals surface area contributed by atoms with Crippen molar-refractivity contribution in [2.24, 2.45) is 5.92 Å². The number of rotatable bonds is 4. The number of hydrogen-bond donors (Lipinski definition) is 2. The normalized spacial score (nSPS) is 14.5. The fourth-order valence-electron chi connectivity index (χ4n) is 3.72. The first-order valence-electron chi connectivity index (χ1n) is 10.1. The molecule has 3 aromatic rings. The lowest BCUT2D eigenvalue weighted by atomic mass is 9.99. The summed E-state index contributed by atoms with van der Waals surface area (Å²) in [7, 11) is 0. The molecule has 1 amide bonds. The van der Waals surface area contributed by atoms with Crippen LogP contribution in [0.15, 0.2) is 48.8 Å². The summed E-state index contributed by atoms with van der Waals surface area (Å²) in [6, 6.07) is 8.20. The van der Waals surface area contributed by atoms with Crippen molar-refractivity contribution in [3.05, 3.63) is 66.1 Å². The van der Waals surface area contributed by atoms with Crippen molar-refractivity contribution >= 4 is 23.0 Å². The third kappa shape index (κ3) is 4.33. The molecule has 1 saturated heterocycles. The minimum Gasteiger partial charge on any atom is -0.397 e. The van der Waals surface area contributed by atoms with E-state index in [4.69, 9.17) is 5.73 Å². The third-order valence-corrected chi connectivity index (χ3v) is 5.53. The van der Waals surface area contributed by atoms with Gasteiger partial charge in [-0.25, -0.2) is 13.8 Å². The van der Waals surface area contributed by atoms with Crippen molar-refractivity contribution in [1.29, 1.82) is 0 Å². The molecule has 0 aliphatic carbocycles. The quantitative estimate of drug-likeness (QED) is 0.646. The Balaban J connectivity index is 1.63. The van der Waals surface area contributed by atoms with Gasteiger partial charge in [0.05, 0.1) is 34.5 Å². The van der Waals surface area contributed by atoms with Crippen molar-refractivity contribution in [2.45, 2.75) is 19.8 Å². The van der Waals surface area contributed by atoms with Crippen molar-refractivity contribution in [1.82, 2.24) is 9.97 Å². The molecular formula is C23H23F2N5O. The molecule has 2 aromatic heterocycles. The second-order valence-corrected chi connectivity index (χ2v) is 7.75. The van der Waals surface area contributed by atoms with Crippen LogP contribution in [-0.2, 0) is 0 Å². The van der Waals surface area contributed by atoms with Crippen LogP contribution in [0.4, 0.5) is 25.8 Å². The summed E-state index contributed by atoms with van der Waals surface area (Å²) in [5, 5.41) is 2.81. The molecule has 1 aromatic carbocycles. The molecule has 31 heavy (non-hydrogen) atoms. The van der Waals surface area contributed by atoms with Gasteiger partial charge in [-0.05, 0) is 49.1 Å². The summed E-state index contributed by atoms with van der Waals surface area (Å²) in [5.74, 6) is -1.44. The van der Waals surface area contributed by atoms with Crippen LogP contribution in [0.3, 0.4) is 0 Å². The van der Waals surface area contributed by atoms with E-state index in [0.717, 1.165) is 43.8 Å². The van der Waals surface area contributed by atoms with Crippen LogP contribution in [0.25, 0.3) is 11.3 Å². The van der Waals surface area contributed by atoms with Gasteiger partial charge in [-0.3, -0.25) is 9.78 Å². The number of nitrogens with one attached hydrogen (secondary N) is 1. The maximum Gasteiger partial charge on any atom is 0.276 e. The van der Waals surface area contributed by atoms with Gasteiger partial charge in [0.1, 0.15) is 11.6 Å². The maximum absolute atomic E-state index is 14.2. The number of anilines is 3. The molecule has 0 atom stereocenters. The van der Waals surface area contributed by atoms with E-state index in [2.05, 4.69) is 27.1 Å². The Morgan fingerprint density at radius 1 is 1.13 bits per heavy atom. The summed E-state index contributed by atoms with van der Waals surface area (Å²) in [6.07, 6.45) is 5.39. The molecule has 0 bridgehead atoms. The smallest absolute Gasteiger partial charge is 0.276 e. The number of hydrogen-bond acceptors (Lipinski definition) is 5. The maximum atomic E-state index is 14.2. The first kappa shape index (κ1) is 20.7. The average Bonchev–Trinajstić information content (AvgIpc) is 2.76. The molecule has 8 heteroatoms. The summed E-state index contributed by atoms with van der Waals surface area (Å²) >= 11 is 0. The van der Waals surface area contributed by atoms with Crippen LogP contribution in [0.2, 0.25) is 0 Å². The number of carbonyl (C=O) groups is 1. The molecule has 1 aliphatic heterocycles. The highest BCUT2D eigenvalue weighted by atomic mass is 19.1. The van der Waals surface area contributed by atoms with Gasteiger partial charge >= 0.3 is 0 Å². The van der Waals surface area contributed by atoms with E-state index < -0.39 is 17.5 Å². The number of nitrogens with zero attached hydrogens (tertiary/aromatic N) is 3. The predicted molar refractivity (Wildman–Crippen MR) is 117 cm³/mol. The molecular weight excluding hydrogens is 400 g/mol. The van der Waals surface area contributed by atoms with Crippen LogP contribution in [0.1, 0.15) is 30.3 Å². The number of nitrogen functional groups attached to an aromatic ring is 1. The fourth-order valence-corrected chi connectivity index (χ4v) is 3.72. The fraction of sp³-hybridized carbons (Fsp3) is 0.261. The Morgan fingerprint density at radius 3 is 2.55 bits per heavy atom. The number of benzene rings is 1. The second-order valence-electron chi connectivity index (χ2n) is 7.75. The van der Waals surface area contributed by atoms with E-state index >= 15 is 0 Å². The van der Waals surface area contributed by atoms with Crippen LogP contribution in [0, 0.1) is 17.6 Å². The third-order valence-electron chi connectivity index (χ3n) is 5.53. The van der Waals surface area contributed by atoms with Crippen LogP contribution >= 0.6 is 0 Å². The minimum absolute atomic E-state index is 0.00798. The minimum atomic E-state index is -0.766. The Morgan fingerprint density at radius 2 is 1.84 bits per heavy atom. The van der Waals surface area contributed by atoms with E-state index in [9.17, 15) is 13.6 Å². The lowest BCUT2D eigenvalue weighted by Gasteiger charge is -2.33. The molecule has 0 saturated carbocycles. The lowest BCUT2D eigenvalue weighted by Crippen LogP contribution is -2.33. The summed E-state index contributed by atoms with van der Waals surface area (Å²) in [6.45, 7) is 4.00. The van der Waals surface area contributed by atoms with Gasteiger partial charge in [-0.15, -0.1) is 0 Å². The summed E-state index contributed by atoms with van der Waals surface area (Å²) in [5.41, 5.74) is 7.04. The monoisotopic (exact) mass is 423 g/mol. The zero-order chi connectivity index (χ0) is 22.0. The highest BCUT2D eigenvalue weighted by Gasteiger charge is 2.22. The van der Waals surface area contributed by atoms with E-state index in [0.29, 0.717) is 11.6 Å². The number of carbonyl (C=O) groups excluding carboxylic acids is 1. The highest BCUT2D eigenvalue weighted by molar-refractivity contribution is 6.07. The molecule has 3 heterocycles. The zero-order valence-electron chi connectivity index (χ0n) is 17.1. The molecule has 3 N–H and O–H groups in total. The molecule has 0 spiro atoms. The van der Waals surface area contributed by atoms with Gasteiger partial charge in [0.15, 0.2) is 5.69 Å². The van der Waals surface area contributed by atoms with E-state index in [1.165, 1.54) is 18.2 Å². The Kier molecular flexibility index (Phi) is 5.79. The van der Waals surface area contributed by atoms with Crippen molar-refractivity contribution < 1.29 is 13.6 Å². The number of piperidine rings is 1. The predicted octanol–water partition coefficient (Wildman–Crippen LogP) is 4.49. The molecule has 0 radical (unpaired) electrons. The van der Waals surface area contributed by atoms with Crippen molar-refractivity contribution in [2.75, 3.05) is 29.0 Å². The number of aromatic nitrogens is 2. The van der Waals surface area contributed by atoms with E-state index in [1.807, 2.05) is 6.07 Å².